The zero-order chi connectivity index (χ0) is 38.3. The van der Waals surface area contributed by atoms with Gasteiger partial charge >= 0.3 is 6.11 Å². The number of rotatable bonds is 10. The number of aryl methyl sites for hydroxylation is 1. The van der Waals surface area contributed by atoms with E-state index in [-0.39, 0.29) is 16.7 Å². The Morgan fingerprint density at radius 3 is 1.64 bits per heavy atom. The van der Waals surface area contributed by atoms with Crippen LogP contribution in [0, 0.1) is 65.5 Å². The van der Waals surface area contributed by atoms with Gasteiger partial charge in [-0.1, -0.05) is 82.3 Å². The number of hydrogen-bond donors (Lipinski definition) is 0. The highest BCUT2D eigenvalue weighted by molar-refractivity contribution is 5.71. The zero-order valence-electron chi connectivity index (χ0n) is 30.6. The first-order chi connectivity index (χ1) is 25.3. The lowest BCUT2D eigenvalue weighted by molar-refractivity contribution is -0.224. The minimum absolute atomic E-state index is 0.0621. The van der Waals surface area contributed by atoms with E-state index in [0.717, 1.165) is 54.9 Å². The van der Waals surface area contributed by atoms with Crippen molar-refractivity contribution in [2.75, 3.05) is 0 Å². The molecule has 2 fully saturated rings. The van der Waals surface area contributed by atoms with E-state index in [4.69, 9.17) is 0 Å². The van der Waals surface area contributed by atoms with E-state index >= 15 is 0 Å². The molecule has 0 aromatic heterocycles. The largest absolute Gasteiger partial charge is 0.432 e. The van der Waals surface area contributed by atoms with Crippen molar-refractivity contribution in [3.05, 3.63) is 113 Å². The number of hydrogen-bond acceptors (Lipinski definition) is 1. The maximum absolute atomic E-state index is 14.5. The quantitative estimate of drug-likeness (QED) is 0.116. The van der Waals surface area contributed by atoms with Gasteiger partial charge in [0, 0.05) is 23.3 Å². The molecule has 53 heavy (non-hydrogen) atoms. The van der Waals surface area contributed by atoms with Crippen LogP contribution in [0.1, 0.15) is 95.6 Å². The smallest absolute Gasteiger partial charge is 0.400 e. The summed E-state index contributed by atoms with van der Waals surface area (Å²) in [5.41, 5.74) is 3.21. The molecule has 6 rings (SSSR count). The van der Waals surface area contributed by atoms with Crippen molar-refractivity contribution in [1.82, 2.24) is 0 Å². The van der Waals surface area contributed by atoms with Crippen LogP contribution in [0.3, 0.4) is 0 Å². The lowest BCUT2D eigenvalue weighted by atomic mass is 9.68. The Morgan fingerprint density at radius 2 is 1.11 bits per heavy atom. The molecule has 0 saturated heterocycles. The fourth-order valence-electron chi connectivity index (χ4n) is 8.00. The fraction of sp³-hybridized carbons (Fsp3) is 0.455. The third-order valence-electron chi connectivity index (χ3n) is 11.1. The van der Waals surface area contributed by atoms with Crippen LogP contribution in [0.25, 0.3) is 22.3 Å². The average molecular weight is 745 g/mol. The molecule has 0 radical (unpaired) electrons. The molecule has 2 saturated carbocycles. The van der Waals surface area contributed by atoms with Gasteiger partial charge in [0.25, 0.3) is 0 Å². The molecule has 0 spiro atoms. The van der Waals surface area contributed by atoms with E-state index in [1.54, 1.807) is 12.1 Å². The van der Waals surface area contributed by atoms with Crippen molar-refractivity contribution in [2.24, 2.45) is 23.7 Å². The van der Waals surface area contributed by atoms with Gasteiger partial charge in [-0.3, -0.25) is 0 Å². The Morgan fingerprint density at radius 1 is 0.585 bits per heavy atom. The van der Waals surface area contributed by atoms with Gasteiger partial charge in [0.15, 0.2) is 17.5 Å². The molecule has 0 heterocycles. The molecule has 4 aromatic rings. The highest BCUT2D eigenvalue weighted by Crippen LogP contribution is 2.46. The van der Waals surface area contributed by atoms with Gasteiger partial charge in [-0.2, -0.15) is 8.78 Å². The minimum atomic E-state index is -3.53. The van der Waals surface area contributed by atoms with E-state index in [0.29, 0.717) is 36.8 Å². The predicted octanol–water partition coefficient (Wildman–Crippen LogP) is 14.2. The van der Waals surface area contributed by atoms with E-state index in [9.17, 15) is 35.1 Å². The molecule has 2 aliphatic rings. The molecule has 0 aliphatic heterocycles. The Balaban J connectivity index is 0.000000206. The highest BCUT2D eigenvalue weighted by atomic mass is 19.3. The molecule has 2 aliphatic carbocycles. The van der Waals surface area contributed by atoms with Gasteiger partial charge in [0.05, 0.1) is 5.92 Å². The van der Waals surface area contributed by atoms with Crippen LogP contribution in [0.2, 0.25) is 0 Å². The van der Waals surface area contributed by atoms with Gasteiger partial charge in [-0.05, 0) is 110 Å². The normalized spacial score (nSPS) is 20.4. The van der Waals surface area contributed by atoms with E-state index in [1.165, 1.54) is 57.1 Å². The molecular weight excluding hydrogens is 696 g/mol. The molecule has 0 atom stereocenters. The molecule has 4 aromatic carbocycles. The first-order valence-electron chi connectivity index (χ1n) is 18.9. The van der Waals surface area contributed by atoms with Crippen LogP contribution in [0.15, 0.2) is 66.7 Å². The van der Waals surface area contributed by atoms with Crippen LogP contribution in [0.4, 0.5) is 35.1 Å². The summed E-state index contributed by atoms with van der Waals surface area (Å²) in [5, 5.41) is 0. The summed E-state index contributed by atoms with van der Waals surface area (Å²) in [6, 6.07) is 16.0. The summed E-state index contributed by atoms with van der Waals surface area (Å²) >= 11 is 0. The minimum Gasteiger partial charge on any atom is -0.432 e. The predicted molar refractivity (Wildman–Crippen MR) is 194 cm³/mol. The van der Waals surface area contributed by atoms with E-state index < -0.39 is 52.7 Å². The topological polar surface area (TPSA) is 9.23 Å². The fourth-order valence-corrected chi connectivity index (χ4v) is 8.00. The molecule has 286 valence electrons. The lowest BCUT2D eigenvalue weighted by Crippen LogP contribution is -2.38. The van der Waals surface area contributed by atoms with Crippen LogP contribution < -0.4 is 4.74 Å². The zero-order valence-corrected chi connectivity index (χ0v) is 30.6. The van der Waals surface area contributed by atoms with Crippen LogP contribution in [-0.4, -0.2) is 6.11 Å². The van der Waals surface area contributed by atoms with Crippen molar-refractivity contribution in [3.63, 3.8) is 0 Å². The first kappa shape index (κ1) is 40.3. The maximum atomic E-state index is 14.5. The maximum Gasteiger partial charge on any atom is 0.400 e. The first-order valence-corrected chi connectivity index (χ1v) is 18.9. The van der Waals surface area contributed by atoms with Crippen LogP contribution >= 0.6 is 0 Å². The monoisotopic (exact) mass is 744 g/mol. The van der Waals surface area contributed by atoms with Crippen molar-refractivity contribution < 1.29 is 39.9 Å². The molecule has 0 unspecified atom stereocenters. The summed E-state index contributed by atoms with van der Waals surface area (Å²) in [7, 11) is 0. The summed E-state index contributed by atoms with van der Waals surface area (Å²) in [5.74, 6) is -6.35. The molecule has 0 bridgehead atoms. The second-order valence-corrected chi connectivity index (χ2v) is 14.8. The number of benzene rings is 4. The van der Waals surface area contributed by atoms with Gasteiger partial charge in [0.1, 0.15) is 23.2 Å². The number of halogens is 8. The SMILES string of the molecule is CCCC1CCC(C2CCC(C(F)(F)Oc3cc(F)c(F)c(F)c3)CC2)CC1.CCCc1ccc(-c2ccc(-c3cc(F)c(C)c(F)c3)c(F)c2)cc1. The van der Waals surface area contributed by atoms with Crippen LogP contribution in [-0.2, 0) is 6.42 Å². The Hall–Kier alpha value is -3.88. The Kier molecular flexibility index (Phi) is 13.7. The van der Waals surface area contributed by atoms with Gasteiger partial charge < -0.3 is 4.74 Å². The van der Waals surface area contributed by atoms with Gasteiger partial charge in [-0.15, -0.1) is 0 Å². The van der Waals surface area contributed by atoms with Gasteiger partial charge in [0.2, 0.25) is 0 Å². The van der Waals surface area contributed by atoms with Crippen molar-refractivity contribution in [3.8, 4) is 28.0 Å². The molecule has 9 heteroatoms. The van der Waals surface area contributed by atoms with Crippen LogP contribution in [0.5, 0.6) is 5.75 Å². The lowest BCUT2D eigenvalue weighted by Gasteiger charge is -2.39. The second-order valence-electron chi connectivity index (χ2n) is 14.8. The summed E-state index contributed by atoms with van der Waals surface area (Å²) in [6.07, 6.45) is 8.09. The second kappa shape index (κ2) is 18.0. The molecule has 0 N–H and O–H groups in total. The summed E-state index contributed by atoms with van der Waals surface area (Å²) in [4.78, 5) is 0. The molecule has 1 nitrogen and oxygen atoms in total. The third kappa shape index (κ3) is 10.2. The van der Waals surface area contributed by atoms with Crippen molar-refractivity contribution >= 4 is 0 Å². The third-order valence-corrected chi connectivity index (χ3v) is 11.1. The summed E-state index contributed by atoms with van der Waals surface area (Å²) in [6.45, 7) is 5.69. The Labute approximate surface area is 307 Å². The average Bonchev–Trinajstić information content (AvgIpc) is 3.14. The van der Waals surface area contributed by atoms with Gasteiger partial charge in [-0.25, -0.2) is 26.3 Å². The Bertz CT molecular complexity index is 1760. The summed E-state index contributed by atoms with van der Waals surface area (Å²) < 4.78 is 115. The van der Waals surface area contributed by atoms with Crippen molar-refractivity contribution in [2.45, 2.75) is 104 Å². The standard InChI is InChI=1S/C22H29F5O.C22H19F3/c1-2-3-14-4-6-15(7-5-14)16-8-10-17(11-9-16)22(26,27)28-18-12-19(23)21(25)20(24)13-18;1-3-4-15-5-7-16(8-6-15)17-9-10-19(22(25)11-17)18-12-20(23)14(2)21(24)13-18/h12-17H,2-11H2,1H3;5-13H,3-4H2,1-2H3. The number of alkyl halides is 2. The van der Waals surface area contributed by atoms with E-state index in [1.807, 2.05) is 24.3 Å². The molecular formula is C44H48F8O. The molecule has 0 amide bonds. The van der Waals surface area contributed by atoms with E-state index in [2.05, 4.69) is 18.6 Å². The number of ether oxygens (including phenoxy) is 1. The highest BCUT2D eigenvalue weighted by Gasteiger charge is 2.45. The van der Waals surface area contributed by atoms with Crippen molar-refractivity contribution in [1.29, 1.82) is 0 Å².